The van der Waals surface area contributed by atoms with Gasteiger partial charge in [0.2, 0.25) is 0 Å². The Hall–Kier alpha value is -2.76. The van der Waals surface area contributed by atoms with Crippen molar-refractivity contribution in [2.45, 2.75) is 57.8 Å². The van der Waals surface area contributed by atoms with E-state index in [0.717, 1.165) is 50.3 Å². The van der Waals surface area contributed by atoms with Crippen molar-refractivity contribution in [1.29, 1.82) is 0 Å². The molecule has 0 spiro atoms. The van der Waals surface area contributed by atoms with Crippen LogP contribution in [0.5, 0.6) is 11.5 Å². The van der Waals surface area contributed by atoms with Gasteiger partial charge in [-0.25, -0.2) is 9.78 Å². The third-order valence-electron chi connectivity index (χ3n) is 5.70. The quantitative estimate of drug-likeness (QED) is 0.385. The van der Waals surface area contributed by atoms with Gasteiger partial charge in [-0.2, -0.15) is 5.10 Å². The minimum atomic E-state index is -0.506. The van der Waals surface area contributed by atoms with Crippen LogP contribution in [0.15, 0.2) is 30.5 Å². The van der Waals surface area contributed by atoms with E-state index in [1.54, 1.807) is 20.4 Å². The SMILES string of the molecule is COc1ccc(CNc2nccc3c2c(I)nn3C2CC(NC(=O)OC(C)(C)C)C2)c(OC)c1. The molecule has 0 bridgehead atoms. The minimum Gasteiger partial charge on any atom is -0.497 e. The molecule has 1 aromatic carbocycles. The largest absolute Gasteiger partial charge is 0.497 e. The summed E-state index contributed by atoms with van der Waals surface area (Å²) in [6.07, 6.45) is 3.03. The molecule has 34 heavy (non-hydrogen) atoms. The molecule has 4 rings (SSSR count). The van der Waals surface area contributed by atoms with Crippen LogP contribution in [-0.4, -0.2) is 46.7 Å². The topological polar surface area (TPSA) is 99.5 Å². The number of amides is 1. The number of pyridine rings is 1. The normalized spacial score (nSPS) is 17.7. The fourth-order valence-corrected chi connectivity index (χ4v) is 4.78. The van der Waals surface area contributed by atoms with Crippen LogP contribution in [0, 0.1) is 3.70 Å². The summed E-state index contributed by atoms with van der Waals surface area (Å²) in [6, 6.07) is 8.03. The highest BCUT2D eigenvalue weighted by molar-refractivity contribution is 14.1. The lowest BCUT2D eigenvalue weighted by Crippen LogP contribution is -2.46. The first-order valence-electron chi connectivity index (χ1n) is 11.2. The molecule has 0 atom stereocenters. The van der Waals surface area contributed by atoms with E-state index >= 15 is 0 Å². The molecule has 1 fully saturated rings. The Kier molecular flexibility index (Phi) is 7.06. The van der Waals surface area contributed by atoms with Gasteiger partial charge in [0.25, 0.3) is 0 Å². The smallest absolute Gasteiger partial charge is 0.407 e. The van der Waals surface area contributed by atoms with Gasteiger partial charge in [0.05, 0.1) is 31.2 Å². The maximum atomic E-state index is 12.0. The van der Waals surface area contributed by atoms with Crippen LogP contribution < -0.4 is 20.1 Å². The molecule has 1 aliphatic rings. The van der Waals surface area contributed by atoms with E-state index in [9.17, 15) is 4.79 Å². The second kappa shape index (κ2) is 9.85. The number of nitrogens with one attached hydrogen (secondary N) is 2. The zero-order chi connectivity index (χ0) is 24.5. The van der Waals surface area contributed by atoms with Gasteiger partial charge < -0.3 is 24.8 Å². The number of ether oxygens (including phenoxy) is 3. The van der Waals surface area contributed by atoms with E-state index in [1.165, 1.54) is 0 Å². The number of hydrogen-bond acceptors (Lipinski definition) is 7. The first-order valence-corrected chi connectivity index (χ1v) is 12.2. The van der Waals surface area contributed by atoms with Gasteiger partial charge in [-0.3, -0.25) is 4.68 Å². The zero-order valence-electron chi connectivity index (χ0n) is 20.0. The van der Waals surface area contributed by atoms with Gasteiger partial charge in [-0.05, 0) is 74.4 Å². The maximum Gasteiger partial charge on any atom is 0.407 e. The molecule has 0 aliphatic heterocycles. The number of hydrogen-bond donors (Lipinski definition) is 2. The summed E-state index contributed by atoms with van der Waals surface area (Å²) < 4.78 is 19.1. The molecule has 0 radical (unpaired) electrons. The van der Waals surface area contributed by atoms with Gasteiger partial charge in [0, 0.05) is 30.4 Å². The highest BCUT2D eigenvalue weighted by atomic mass is 127. The van der Waals surface area contributed by atoms with Crippen molar-refractivity contribution in [2.75, 3.05) is 19.5 Å². The molecular formula is C24H30IN5O4. The predicted octanol–water partition coefficient (Wildman–Crippen LogP) is 4.89. The van der Waals surface area contributed by atoms with Gasteiger partial charge in [0.1, 0.15) is 26.6 Å². The van der Waals surface area contributed by atoms with Crippen LogP contribution in [0.2, 0.25) is 0 Å². The molecule has 2 N–H and O–H groups in total. The van der Waals surface area contributed by atoms with Crippen LogP contribution in [0.1, 0.15) is 45.2 Å². The molecule has 182 valence electrons. The summed E-state index contributed by atoms with van der Waals surface area (Å²) in [5.74, 6) is 2.27. The number of methoxy groups -OCH3 is 2. The Morgan fingerprint density at radius 2 is 1.97 bits per heavy atom. The Morgan fingerprint density at radius 1 is 1.21 bits per heavy atom. The number of halogens is 1. The zero-order valence-corrected chi connectivity index (χ0v) is 22.2. The van der Waals surface area contributed by atoms with Crippen LogP contribution in [-0.2, 0) is 11.3 Å². The van der Waals surface area contributed by atoms with Crippen molar-refractivity contribution in [3.8, 4) is 11.5 Å². The summed E-state index contributed by atoms with van der Waals surface area (Å²) in [4.78, 5) is 16.6. The third-order valence-corrected chi connectivity index (χ3v) is 6.45. The van der Waals surface area contributed by atoms with Crippen molar-refractivity contribution in [1.82, 2.24) is 20.1 Å². The molecule has 9 nitrogen and oxygen atoms in total. The Morgan fingerprint density at radius 3 is 2.65 bits per heavy atom. The second-order valence-corrected chi connectivity index (χ2v) is 10.3. The van der Waals surface area contributed by atoms with E-state index in [-0.39, 0.29) is 18.2 Å². The highest BCUT2D eigenvalue weighted by Gasteiger charge is 2.34. The van der Waals surface area contributed by atoms with Crippen molar-refractivity contribution >= 4 is 45.4 Å². The highest BCUT2D eigenvalue weighted by Crippen LogP contribution is 2.37. The molecule has 3 aromatic rings. The molecule has 1 saturated carbocycles. The number of fused-ring (bicyclic) bond motifs is 1. The van der Waals surface area contributed by atoms with Crippen molar-refractivity contribution in [3.05, 3.63) is 39.7 Å². The van der Waals surface area contributed by atoms with Gasteiger partial charge >= 0.3 is 6.09 Å². The van der Waals surface area contributed by atoms with Crippen LogP contribution in [0.3, 0.4) is 0 Å². The average molecular weight is 579 g/mol. The lowest BCUT2D eigenvalue weighted by atomic mass is 9.87. The fraction of sp³-hybridized carbons (Fsp3) is 0.458. The number of carbonyl (C=O) groups is 1. The number of aromatic nitrogens is 3. The Labute approximate surface area is 212 Å². The Bertz CT molecular complexity index is 1180. The third kappa shape index (κ3) is 5.31. The average Bonchev–Trinajstić information content (AvgIpc) is 3.09. The first-order chi connectivity index (χ1) is 16.2. The second-order valence-electron chi connectivity index (χ2n) is 9.29. The standard InChI is InChI=1S/C24H30IN5O4/c1-24(2,3)34-23(31)28-15-10-16(11-15)30-18-8-9-26-22(20(18)21(25)29-30)27-13-14-6-7-17(32-4)12-19(14)33-5/h6-9,12,15-16H,10-11,13H2,1-5H3,(H,26,27)(H,28,31). The molecule has 2 heterocycles. The van der Waals surface area contributed by atoms with Gasteiger partial charge in [0.15, 0.2) is 0 Å². The summed E-state index contributed by atoms with van der Waals surface area (Å²) in [7, 11) is 3.28. The number of alkyl carbamates (subject to hydrolysis) is 1. The maximum absolute atomic E-state index is 12.0. The van der Waals surface area contributed by atoms with Crippen LogP contribution >= 0.6 is 22.6 Å². The molecule has 0 saturated heterocycles. The molecule has 0 unspecified atom stereocenters. The van der Waals surface area contributed by atoms with E-state index in [0.29, 0.717) is 6.54 Å². The number of nitrogens with zero attached hydrogens (tertiary/aromatic N) is 3. The summed E-state index contributed by atoms with van der Waals surface area (Å²) in [6.45, 7) is 6.13. The van der Waals surface area contributed by atoms with Crippen LogP contribution in [0.4, 0.5) is 10.6 Å². The van der Waals surface area contributed by atoms with Crippen molar-refractivity contribution in [2.24, 2.45) is 0 Å². The number of carbonyl (C=O) groups excluding carboxylic acids is 1. The number of anilines is 1. The molecular weight excluding hydrogens is 549 g/mol. The molecule has 2 aromatic heterocycles. The molecule has 10 heteroatoms. The molecule has 1 amide bonds. The van der Waals surface area contributed by atoms with Crippen molar-refractivity contribution in [3.63, 3.8) is 0 Å². The summed E-state index contributed by atoms with van der Waals surface area (Å²) >= 11 is 2.25. The van der Waals surface area contributed by atoms with E-state index in [2.05, 4.69) is 38.2 Å². The fourth-order valence-electron chi connectivity index (χ4n) is 4.01. The summed E-state index contributed by atoms with van der Waals surface area (Å²) in [5, 5.41) is 12.2. The predicted molar refractivity (Wildman–Crippen MR) is 139 cm³/mol. The van der Waals surface area contributed by atoms with E-state index < -0.39 is 5.60 Å². The lowest BCUT2D eigenvalue weighted by molar-refractivity contribution is 0.0454. The first kappa shape index (κ1) is 24.4. The van der Waals surface area contributed by atoms with Gasteiger partial charge in [-0.15, -0.1) is 0 Å². The van der Waals surface area contributed by atoms with E-state index in [1.807, 2.05) is 49.7 Å². The van der Waals surface area contributed by atoms with E-state index in [4.69, 9.17) is 19.3 Å². The minimum absolute atomic E-state index is 0.0822. The monoisotopic (exact) mass is 579 g/mol. The lowest BCUT2D eigenvalue weighted by Gasteiger charge is -2.36. The van der Waals surface area contributed by atoms with Crippen molar-refractivity contribution < 1.29 is 19.0 Å². The molecule has 1 aliphatic carbocycles. The number of benzene rings is 1. The number of rotatable bonds is 7. The van der Waals surface area contributed by atoms with Gasteiger partial charge in [-0.1, -0.05) is 0 Å². The summed E-state index contributed by atoms with van der Waals surface area (Å²) in [5.41, 5.74) is 1.51. The Balaban J connectivity index is 1.46. The van der Waals surface area contributed by atoms with Crippen LogP contribution in [0.25, 0.3) is 10.9 Å².